The third kappa shape index (κ3) is 4.44. The van der Waals surface area contributed by atoms with Gasteiger partial charge >= 0.3 is 0 Å². The number of hydrogen-bond acceptors (Lipinski definition) is 3. The highest BCUT2D eigenvalue weighted by atomic mass is 35.5. The minimum atomic E-state index is 0.0344. The molecule has 5 heteroatoms. The predicted octanol–water partition coefficient (Wildman–Crippen LogP) is 4.63. The second-order valence-electron chi connectivity index (χ2n) is 8.17. The second kappa shape index (κ2) is 8.52. The monoisotopic (exact) mass is 407 g/mol. The molecular weight excluding hydrogens is 382 g/mol. The van der Waals surface area contributed by atoms with Crippen molar-refractivity contribution in [2.24, 2.45) is 5.92 Å². The smallest absolute Gasteiger partial charge is 0.258 e. The second-order valence-corrected chi connectivity index (χ2v) is 8.61. The van der Waals surface area contributed by atoms with Crippen LogP contribution in [-0.4, -0.2) is 27.5 Å². The lowest BCUT2D eigenvalue weighted by Gasteiger charge is -2.32. The first-order valence-electron chi connectivity index (χ1n) is 10.1. The summed E-state index contributed by atoms with van der Waals surface area (Å²) in [5.74, 6) is 0.616. The third-order valence-corrected chi connectivity index (χ3v) is 5.61. The molecule has 0 bridgehead atoms. The Morgan fingerprint density at radius 2 is 2.03 bits per heavy atom. The zero-order valence-corrected chi connectivity index (χ0v) is 17.7. The summed E-state index contributed by atoms with van der Waals surface area (Å²) < 4.78 is 1.94. The van der Waals surface area contributed by atoms with Crippen LogP contribution in [0.1, 0.15) is 30.7 Å². The molecule has 0 saturated carbocycles. The van der Waals surface area contributed by atoms with Gasteiger partial charge in [0.1, 0.15) is 0 Å². The van der Waals surface area contributed by atoms with Gasteiger partial charge in [0.2, 0.25) is 0 Å². The van der Waals surface area contributed by atoms with Gasteiger partial charge in [-0.2, -0.15) is 0 Å². The minimum absolute atomic E-state index is 0.0344. The van der Waals surface area contributed by atoms with Crippen LogP contribution in [0, 0.1) is 5.92 Å². The fourth-order valence-electron chi connectivity index (χ4n) is 4.15. The molecule has 0 unspecified atom stereocenters. The van der Waals surface area contributed by atoms with Crippen LogP contribution in [-0.2, 0) is 19.5 Å². The Kier molecular flexibility index (Phi) is 5.84. The summed E-state index contributed by atoms with van der Waals surface area (Å²) in [6, 6.07) is 13.6. The van der Waals surface area contributed by atoms with Gasteiger partial charge in [0.05, 0.1) is 6.54 Å². The summed E-state index contributed by atoms with van der Waals surface area (Å²) in [6.07, 6.45) is 4.47. The molecule has 3 aromatic rings. The molecule has 0 aliphatic carbocycles. The normalized spacial score (nSPS) is 14.2. The van der Waals surface area contributed by atoms with E-state index in [9.17, 15) is 4.79 Å². The van der Waals surface area contributed by atoms with E-state index in [1.54, 1.807) is 6.20 Å². The Hall–Kier alpha value is -2.43. The lowest BCUT2D eigenvalue weighted by molar-refractivity contribution is 0.222. The van der Waals surface area contributed by atoms with E-state index in [-0.39, 0.29) is 5.56 Å². The van der Waals surface area contributed by atoms with E-state index in [1.807, 2.05) is 47.2 Å². The minimum Gasteiger partial charge on any atom is -0.307 e. The van der Waals surface area contributed by atoms with Gasteiger partial charge in [-0.3, -0.25) is 14.7 Å². The van der Waals surface area contributed by atoms with Gasteiger partial charge in [0.25, 0.3) is 5.56 Å². The van der Waals surface area contributed by atoms with Crippen molar-refractivity contribution in [2.45, 2.75) is 33.4 Å². The first-order chi connectivity index (χ1) is 14.0. The Morgan fingerprint density at radius 3 is 2.76 bits per heavy atom. The molecule has 150 valence electrons. The number of rotatable bonds is 5. The van der Waals surface area contributed by atoms with Crippen molar-refractivity contribution < 1.29 is 0 Å². The summed E-state index contributed by atoms with van der Waals surface area (Å²) in [5, 5.41) is 0.639. The Bertz CT molecular complexity index is 1060. The molecule has 2 aromatic heterocycles. The molecule has 0 fully saturated rings. The van der Waals surface area contributed by atoms with Gasteiger partial charge in [0.15, 0.2) is 0 Å². The van der Waals surface area contributed by atoms with Crippen LogP contribution < -0.4 is 5.56 Å². The van der Waals surface area contributed by atoms with E-state index in [1.165, 1.54) is 5.56 Å². The highest BCUT2D eigenvalue weighted by molar-refractivity contribution is 6.30. The molecule has 1 aliphatic heterocycles. The number of nitrogens with zero attached hydrogens (tertiary/aromatic N) is 3. The van der Waals surface area contributed by atoms with Gasteiger partial charge in [-0.25, -0.2) is 0 Å². The summed E-state index contributed by atoms with van der Waals surface area (Å²) in [7, 11) is 0. The van der Waals surface area contributed by atoms with Gasteiger partial charge in [-0.05, 0) is 46.9 Å². The highest BCUT2D eigenvalue weighted by Gasteiger charge is 2.23. The number of pyridine rings is 2. The molecule has 0 spiro atoms. The fourth-order valence-corrected chi connectivity index (χ4v) is 4.34. The van der Waals surface area contributed by atoms with Gasteiger partial charge in [0, 0.05) is 54.7 Å². The maximum Gasteiger partial charge on any atom is 0.258 e. The maximum absolute atomic E-state index is 13.5. The van der Waals surface area contributed by atoms with Gasteiger partial charge in [-0.15, -0.1) is 0 Å². The topological polar surface area (TPSA) is 38.1 Å². The highest BCUT2D eigenvalue weighted by Crippen LogP contribution is 2.26. The molecule has 0 saturated heterocycles. The van der Waals surface area contributed by atoms with Crippen LogP contribution in [0.5, 0.6) is 0 Å². The van der Waals surface area contributed by atoms with Crippen molar-refractivity contribution >= 4 is 11.6 Å². The standard InChI is InChI=1S/C24H26ClN3O/c1-17(2)14-27-10-8-23-20(16-27)12-22(19-6-3-7-21(25)11-19)24(29)28(23)15-18-5-4-9-26-13-18/h3-7,9,11-13,17H,8,10,14-16H2,1-2H3. The van der Waals surface area contributed by atoms with Crippen molar-refractivity contribution in [3.05, 3.63) is 87.1 Å². The number of hydrogen-bond donors (Lipinski definition) is 0. The molecule has 0 amide bonds. The number of aromatic nitrogens is 2. The van der Waals surface area contributed by atoms with Gasteiger partial charge < -0.3 is 4.57 Å². The lowest BCUT2D eigenvalue weighted by atomic mass is 9.98. The first kappa shape index (κ1) is 19.9. The number of fused-ring (bicyclic) bond motifs is 1. The Labute approximate surface area is 176 Å². The molecule has 4 rings (SSSR count). The van der Waals surface area contributed by atoms with Gasteiger partial charge in [-0.1, -0.05) is 43.6 Å². The zero-order chi connectivity index (χ0) is 20.4. The molecule has 3 heterocycles. The summed E-state index contributed by atoms with van der Waals surface area (Å²) in [4.78, 5) is 20.2. The summed E-state index contributed by atoms with van der Waals surface area (Å²) in [5.41, 5.74) is 5.02. The molecule has 0 atom stereocenters. The molecule has 0 radical (unpaired) electrons. The Morgan fingerprint density at radius 1 is 1.17 bits per heavy atom. The molecular formula is C24H26ClN3O. The van der Waals surface area contributed by atoms with Crippen LogP contribution >= 0.6 is 11.6 Å². The van der Waals surface area contributed by atoms with Crippen LogP contribution in [0.3, 0.4) is 0 Å². The van der Waals surface area contributed by atoms with E-state index in [4.69, 9.17) is 11.6 Å². The SMILES string of the molecule is CC(C)CN1CCc2c(cc(-c3cccc(Cl)c3)c(=O)n2Cc2cccnc2)C1. The molecule has 4 nitrogen and oxygen atoms in total. The van der Waals surface area contributed by atoms with E-state index < -0.39 is 0 Å². The quantitative estimate of drug-likeness (QED) is 0.619. The average Bonchev–Trinajstić information content (AvgIpc) is 2.70. The average molecular weight is 408 g/mol. The van der Waals surface area contributed by atoms with Crippen molar-refractivity contribution in [3.63, 3.8) is 0 Å². The van der Waals surface area contributed by atoms with Crippen LogP contribution in [0.4, 0.5) is 0 Å². The van der Waals surface area contributed by atoms with Crippen LogP contribution in [0.2, 0.25) is 5.02 Å². The van der Waals surface area contributed by atoms with E-state index in [0.717, 1.165) is 42.9 Å². The van der Waals surface area contributed by atoms with E-state index in [0.29, 0.717) is 23.0 Å². The molecule has 1 aliphatic rings. The molecule has 0 N–H and O–H groups in total. The van der Waals surface area contributed by atoms with Crippen molar-refractivity contribution in [3.8, 4) is 11.1 Å². The summed E-state index contributed by atoms with van der Waals surface area (Å²) in [6.45, 7) is 7.94. The zero-order valence-electron chi connectivity index (χ0n) is 16.9. The summed E-state index contributed by atoms with van der Waals surface area (Å²) >= 11 is 6.22. The third-order valence-electron chi connectivity index (χ3n) is 5.37. The van der Waals surface area contributed by atoms with Crippen LogP contribution in [0.15, 0.2) is 59.7 Å². The molecule has 29 heavy (non-hydrogen) atoms. The lowest BCUT2D eigenvalue weighted by Crippen LogP contribution is -2.38. The predicted molar refractivity (Wildman–Crippen MR) is 118 cm³/mol. The first-order valence-corrected chi connectivity index (χ1v) is 10.5. The van der Waals surface area contributed by atoms with E-state index in [2.05, 4.69) is 29.8 Å². The number of halogens is 1. The van der Waals surface area contributed by atoms with Crippen molar-refractivity contribution in [1.29, 1.82) is 0 Å². The van der Waals surface area contributed by atoms with Crippen molar-refractivity contribution in [2.75, 3.05) is 13.1 Å². The number of benzene rings is 1. The largest absolute Gasteiger partial charge is 0.307 e. The van der Waals surface area contributed by atoms with Crippen LogP contribution in [0.25, 0.3) is 11.1 Å². The maximum atomic E-state index is 13.5. The fraction of sp³-hybridized carbons (Fsp3) is 0.333. The van der Waals surface area contributed by atoms with Crippen molar-refractivity contribution in [1.82, 2.24) is 14.5 Å². The molecule has 1 aromatic carbocycles. The Balaban J connectivity index is 1.83. The van der Waals surface area contributed by atoms with E-state index >= 15 is 0 Å².